The third-order valence-corrected chi connectivity index (χ3v) is 4.58. The summed E-state index contributed by atoms with van der Waals surface area (Å²) in [5, 5.41) is 0. The fourth-order valence-electron chi connectivity index (χ4n) is 3.40. The Kier molecular flexibility index (Phi) is 4.22. The summed E-state index contributed by atoms with van der Waals surface area (Å²) in [6.45, 7) is 5.66. The van der Waals surface area contributed by atoms with Crippen molar-refractivity contribution < 1.29 is 14.3 Å². The minimum Gasteiger partial charge on any atom is -0.497 e. The highest BCUT2D eigenvalue weighted by Crippen LogP contribution is 2.34. The molecule has 0 saturated carbocycles. The number of nitrogens with zero attached hydrogens (tertiary/aromatic N) is 1. The zero-order chi connectivity index (χ0) is 17.3. The van der Waals surface area contributed by atoms with E-state index >= 15 is 0 Å². The van der Waals surface area contributed by atoms with Crippen LogP contribution in [-0.2, 0) is 12.0 Å². The van der Waals surface area contributed by atoms with Gasteiger partial charge in [-0.05, 0) is 23.3 Å². The maximum Gasteiger partial charge on any atom is 0.254 e. The molecule has 3 rings (SSSR count). The minimum absolute atomic E-state index is 0.00484. The van der Waals surface area contributed by atoms with Crippen molar-refractivity contribution in [1.29, 1.82) is 0 Å². The Labute approximate surface area is 143 Å². The second kappa shape index (κ2) is 6.19. The molecule has 0 bridgehead atoms. The maximum atomic E-state index is 13.0. The lowest BCUT2D eigenvalue weighted by Crippen LogP contribution is -2.45. The Morgan fingerprint density at radius 2 is 1.67 bits per heavy atom. The molecule has 0 radical (unpaired) electrons. The fraction of sp³-hybridized carbons (Fsp3) is 0.350. The number of methoxy groups -OCH3 is 2. The van der Waals surface area contributed by atoms with E-state index < -0.39 is 0 Å². The molecule has 0 fully saturated rings. The van der Waals surface area contributed by atoms with E-state index in [2.05, 4.69) is 32.0 Å². The molecular weight excluding hydrogens is 302 g/mol. The highest BCUT2D eigenvalue weighted by Gasteiger charge is 2.34. The summed E-state index contributed by atoms with van der Waals surface area (Å²) in [5.74, 6) is 1.23. The second-order valence-electron chi connectivity index (χ2n) is 6.80. The monoisotopic (exact) mass is 325 g/mol. The highest BCUT2D eigenvalue weighted by molar-refractivity contribution is 5.95. The Balaban J connectivity index is 1.94. The molecule has 0 aromatic heterocycles. The van der Waals surface area contributed by atoms with Crippen LogP contribution in [0.1, 0.15) is 35.3 Å². The molecule has 0 spiro atoms. The highest BCUT2D eigenvalue weighted by atomic mass is 16.5. The molecule has 0 aliphatic carbocycles. The molecule has 1 heterocycles. The van der Waals surface area contributed by atoms with Gasteiger partial charge in [0, 0.05) is 30.1 Å². The summed E-state index contributed by atoms with van der Waals surface area (Å²) in [6, 6.07) is 13.6. The smallest absolute Gasteiger partial charge is 0.254 e. The van der Waals surface area contributed by atoms with Crippen LogP contribution in [0.5, 0.6) is 11.5 Å². The second-order valence-corrected chi connectivity index (χ2v) is 6.80. The zero-order valence-electron chi connectivity index (χ0n) is 14.6. The van der Waals surface area contributed by atoms with E-state index in [-0.39, 0.29) is 11.3 Å². The largest absolute Gasteiger partial charge is 0.497 e. The maximum absolute atomic E-state index is 13.0. The van der Waals surface area contributed by atoms with Crippen LogP contribution in [0.25, 0.3) is 0 Å². The lowest BCUT2D eigenvalue weighted by Gasteiger charge is -2.40. The summed E-state index contributed by atoms with van der Waals surface area (Å²) in [7, 11) is 3.17. The van der Waals surface area contributed by atoms with E-state index in [0.29, 0.717) is 30.2 Å². The quantitative estimate of drug-likeness (QED) is 0.865. The molecule has 0 N–H and O–H groups in total. The molecule has 0 unspecified atom stereocenters. The summed E-state index contributed by atoms with van der Waals surface area (Å²) in [6.07, 6.45) is 0. The summed E-state index contributed by atoms with van der Waals surface area (Å²) >= 11 is 0. The average molecular weight is 325 g/mol. The van der Waals surface area contributed by atoms with Crippen LogP contribution >= 0.6 is 0 Å². The first-order valence-corrected chi connectivity index (χ1v) is 8.05. The van der Waals surface area contributed by atoms with Gasteiger partial charge in [-0.3, -0.25) is 4.79 Å². The number of hydrogen-bond donors (Lipinski definition) is 0. The molecule has 0 atom stereocenters. The topological polar surface area (TPSA) is 38.8 Å². The van der Waals surface area contributed by atoms with Gasteiger partial charge in [0.2, 0.25) is 0 Å². The predicted octanol–water partition coefficient (Wildman–Crippen LogP) is 3.64. The van der Waals surface area contributed by atoms with Gasteiger partial charge in [-0.2, -0.15) is 0 Å². The number of ether oxygens (including phenoxy) is 2. The molecule has 126 valence electrons. The fourth-order valence-corrected chi connectivity index (χ4v) is 3.40. The van der Waals surface area contributed by atoms with Gasteiger partial charge in [-0.1, -0.05) is 38.1 Å². The van der Waals surface area contributed by atoms with Crippen molar-refractivity contribution in [3.63, 3.8) is 0 Å². The van der Waals surface area contributed by atoms with Gasteiger partial charge < -0.3 is 14.4 Å². The molecule has 24 heavy (non-hydrogen) atoms. The van der Waals surface area contributed by atoms with E-state index in [1.165, 1.54) is 11.1 Å². The first kappa shape index (κ1) is 16.4. The third-order valence-electron chi connectivity index (χ3n) is 4.58. The van der Waals surface area contributed by atoms with Crippen LogP contribution in [0.3, 0.4) is 0 Å². The first-order chi connectivity index (χ1) is 11.4. The number of fused-ring (bicyclic) bond motifs is 1. The number of hydrogen-bond acceptors (Lipinski definition) is 3. The van der Waals surface area contributed by atoms with Crippen molar-refractivity contribution in [3.05, 3.63) is 59.2 Å². The van der Waals surface area contributed by atoms with Crippen molar-refractivity contribution in [2.24, 2.45) is 0 Å². The van der Waals surface area contributed by atoms with Crippen molar-refractivity contribution in [3.8, 4) is 11.5 Å². The lowest BCUT2D eigenvalue weighted by molar-refractivity contribution is 0.0685. The zero-order valence-corrected chi connectivity index (χ0v) is 14.6. The van der Waals surface area contributed by atoms with Crippen LogP contribution in [0.15, 0.2) is 42.5 Å². The minimum atomic E-state index is -0.0759. The average Bonchev–Trinajstić information content (AvgIpc) is 2.60. The summed E-state index contributed by atoms with van der Waals surface area (Å²) < 4.78 is 10.6. The molecule has 0 saturated heterocycles. The van der Waals surface area contributed by atoms with Crippen LogP contribution in [0.4, 0.5) is 0 Å². The van der Waals surface area contributed by atoms with Crippen LogP contribution in [0, 0.1) is 0 Å². The Morgan fingerprint density at radius 3 is 2.29 bits per heavy atom. The van der Waals surface area contributed by atoms with E-state index in [0.717, 1.165) is 0 Å². The third kappa shape index (κ3) is 2.96. The molecule has 2 aromatic rings. The number of carbonyl (C=O) groups is 1. The normalized spacial score (nSPS) is 15.6. The van der Waals surface area contributed by atoms with Crippen molar-refractivity contribution in [1.82, 2.24) is 4.90 Å². The standard InChI is InChI=1S/C20H23NO3/c1-20(2)13-21(12-14-7-5-6-8-18(14)20)19(22)15-9-16(23-3)11-17(10-15)24-4/h5-11H,12-13H2,1-4H3. The molecule has 1 aliphatic heterocycles. The Hall–Kier alpha value is -2.49. The van der Waals surface area contributed by atoms with E-state index in [1.807, 2.05) is 11.0 Å². The number of amides is 1. The molecule has 1 aliphatic rings. The van der Waals surface area contributed by atoms with Crippen LogP contribution in [0.2, 0.25) is 0 Å². The number of carbonyl (C=O) groups excluding carboxylic acids is 1. The summed E-state index contributed by atoms with van der Waals surface area (Å²) in [4.78, 5) is 14.9. The SMILES string of the molecule is COc1cc(OC)cc(C(=O)N2Cc3ccccc3C(C)(C)C2)c1. The van der Waals surface area contributed by atoms with Gasteiger partial charge in [0.15, 0.2) is 0 Å². The first-order valence-electron chi connectivity index (χ1n) is 8.05. The molecule has 4 heteroatoms. The Morgan fingerprint density at radius 1 is 1.04 bits per heavy atom. The van der Waals surface area contributed by atoms with Crippen molar-refractivity contribution >= 4 is 5.91 Å². The van der Waals surface area contributed by atoms with Gasteiger partial charge in [0.25, 0.3) is 5.91 Å². The lowest BCUT2D eigenvalue weighted by atomic mass is 9.78. The molecule has 4 nitrogen and oxygen atoms in total. The van der Waals surface area contributed by atoms with Gasteiger partial charge in [0.05, 0.1) is 14.2 Å². The number of rotatable bonds is 3. The van der Waals surface area contributed by atoms with Crippen LogP contribution in [-0.4, -0.2) is 31.6 Å². The molecule has 2 aromatic carbocycles. The van der Waals surface area contributed by atoms with Gasteiger partial charge in [-0.25, -0.2) is 0 Å². The number of benzene rings is 2. The van der Waals surface area contributed by atoms with Gasteiger partial charge >= 0.3 is 0 Å². The predicted molar refractivity (Wildman–Crippen MR) is 93.8 cm³/mol. The van der Waals surface area contributed by atoms with E-state index in [9.17, 15) is 4.79 Å². The molecular formula is C20H23NO3. The Bertz CT molecular complexity index is 745. The van der Waals surface area contributed by atoms with Crippen molar-refractivity contribution in [2.45, 2.75) is 25.8 Å². The van der Waals surface area contributed by atoms with Crippen LogP contribution < -0.4 is 9.47 Å². The van der Waals surface area contributed by atoms with Gasteiger partial charge in [-0.15, -0.1) is 0 Å². The van der Waals surface area contributed by atoms with Gasteiger partial charge in [0.1, 0.15) is 11.5 Å². The van der Waals surface area contributed by atoms with E-state index in [1.54, 1.807) is 32.4 Å². The summed E-state index contributed by atoms with van der Waals surface area (Å²) in [5.41, 5.74) is 3.03. The van der Waals surface area contributed by atoms with E-state index in [4.69, 9.17) is 9.47 Å². The van der Waals surface area contributed by atoms with Crippen molar-refractivity contribution in [2.75, 3.05) is 20.8 Å². The molecule has 1 amide bonds.